The van der Waals surface area contributed by atoms with Crippen molar-refractivity contribution in [1.82, 2.24) is 0 Å². The van der Waals surface area contributed by atoms with Crippen LogP contribution in [0.1, 0.15) is 17.3 Å². The average Bonchev–Trinajstić information content (AvgIpc) is 3.12. The number of anilines is 2. The monoisotopic (exact) mass is 461 g/mol. The molecule has 30 heavy (non-hydrogen) atoms. The number of hydrogen-bond acceptors (Lipinski definition) is 6. The first-order valence-corrected chi connectivity index (χ1v) is 11.6. The Balaban J connectivity index is 1.81. The zero-order valence-electron chi connectivity index (χ0n) is 15.9. The highest BCUT2D eigenvalue weighted by Gasteiger charge is 2.19. The molecule has 2 aromatic carbocycles. The molecule has 0 spiro atoms. The molecule has 0 saturated heterocycles. The molecular formula is C20H19N3O4S3. The van der Waals surface area contributed by atoms with Crippen molar-refractivity contribution in [2.75, 3.05) is 17.2 Å². The summed E-state index contributed by atoms with van der Waals surface area (Å²) in [5.74, 6) is -0.446. The molecule has 0 aliphatic heterocycles. The van der Waals surface area contributed by atoms with Crippen LogP contribution in [0.15, 0.2) is 65.6 Å². The molecule has 10 heteroatoms. The van der Waals surface area contributed by atoms with Gasteiger partial charge in [-0.3, -0.25) is 0 Å². The van der Waals surface area contributed by atoms with Crippen LogP contribution in [0.4, 0.5) is 10.7 Å². The minimum absolute atomic E-state index is 0.00212. The fourth-order valence-electron chi connectivity index (χ4n) is 2.58. The third kappa shape index (κ3) is 5.42. The maximum Gasteiger partial charge on any atom is 0.341 e. The van der Waals surface area contributed by atoms with E-state index < -0.39 is 16.0 Å². The number of nitrogens with two attached hydrogens (primary N) is 1. The van der Waals surface area contributed by atoms with Crippen molar-refractivity contribution >= 4 is 55.3 Å². The number of ether oxygens (including phenoxy) is 1. The number of carbonyl (C=O) groups is 1. The Morgan fingerprint density at radius 1 is 1.10 bits per heavy atom. The Bertz CT molecular complexity index is 1160. The predicted octanol–water partition coefficient (Wildman–Crippen LogP) is 4.05. The van der Waals surface area contributed by atoms with Gasteiger partial charge in [0.15, 0.2) is 5.11 Å². The first-order chi connectivity index (χ1) is 14.3. The second kappa shape index (κ2) is 9.35. The van der Waals surface area contributed by atoms with Crippen LogP contribution in [0.5, 0.6) is 0 Å². The number of primary sulfonamides is 1. The molecule has 0 unspecified atom stereocenters. The van der Waals surface area contributed by atoms with Crippen LogP contribution in [0.2, 0.25) is 0 Å². The van der Waals surface area contributed by atoms with E-state index in [0.29, 0.717) is 16.3 Å². The fraction of sp³-hybridized carbons (Fsp3) is 0.100. The summed E-state index contributed by atoms with van der Waals surface area (Å²) in [6.45, 7) is 2.00. The zero-order valence-corrected chi connectivity index (χ0v) is 18.4. The van der Waals surface area contributed by atoms with Gasteiger partial charge in [0.25, 0.3) is 0 Å². The summed E-state index contributed by atoms with van der Waals surface area (Å²) >= 11 is 6.73. The molecule has 0 saturated carbocycles. The number of esters is 1. The van der Waals surface area contributed by atoms with E-state index in [1.807, 2.05) is 30.3 Å². The smallest absolute Gasteiger partial charge is 0.341 e. The molecule has 0 aliphatic rings. The first-order valence-electron chi connectivity index (χ1n) is 8.85. The van der Waals surface area contributed by atoms with Gasteiger partial charge in [-0.1, -0.05) is 30.3 Å². The highest BCUT2D eigenvalue weighted by molar-refractivity contribution is 7.89. The van der Waals surface area contributed by atoms with Crippen LogP contribution < -0.4 is 15.8 Å². The van der Waals surface area contributed by atoms with Crippen LogP contribution in [0.25, 0.3) is 10.4 Å². The van der Waals surface area contributed by atoms with Gasteiger partial charge in [-0.05, 0) is 55.0 Å². The van der Waals surface area contributed by atoms with Crippen molar-refractivity contribution in [3.05, 3.63) is 66.2 Å². The Kier molecular flexibility index (Phi) is 6.83. The summed E-state index contributed by atoms with van der Waals surface area (Å²) < 4.78 is 27.9. The lowest BCUT2D eigenvalue weighted by atomic mass is 10.1. The number of benzene rings is 2. The van der Waals surface area contributed by atoms with Gasteiger partial charge in [0, 0.05) is 10.6 Å². The van der Waals surface area contributed by atoms with E-state index in [1.165, 1.54) is 23.5 Å². The first kappa shape index (κ1) is 21.9. The number of hydrogen-bond donors (Lipinski definition) is 3. The quantitative estimate of drug-likeness (QED) is 0.375. The summed E-state index contributed by atoms with van der Waals surface area (Å²) in [7, 11) is -3.77. The topological polar surface area (TPSA) is 111 Å². The molecule has 0 fully saturated rings. The predicted molar refractivity (Wildman–Crippen MR) is 123 cm³/mol. The molecule has 0 radical (unpaired) electrons. The van der Waals surface area contributed by atoms with Crippen molar-refractivity contribution in [2.24, 2.45) is 5.14 Å². The molecule has 0 aliphatic carbocycles. The van der Waals surface area contributed by atoms with E-state index in [-0.39, 0.29) is 16.6 Å². The highest BCUT2D eigenvalue weighted by atomic mass is 32.2. The van der Waals surface area contributed by atoms with Crippen molar-refractivity contribution in [3.8, 4) is 10.4 Å². The number of nitrogens with one attached hydrogen (secondary N) is 2. The van der Waals surface area contributed by atoms with Crippen molar-refractivity contribution < 1.29 is 17.9 Å². The molecule has 0 atom stereocenters. The Morgan fingerprint density at radius 2 is 1.77 bits per heavy atom. The Labute approximate surface area is 183 Å². The van der Waals surface area contributed by atoms with Crippen LogP contribution >= 0.6 is 23.6 Å². The molecule has 3 aromatic rings. The van der Waals surface area contributed by atoms with Crippen molar-refractivity contribution in [2.45, 2.75) is 11.8 Å². The molecule has 1 heterocycles. The molecule has 1 aromatic heterocycles. The summed E-state index contributed by atoms with van der Waals surface area (Å²) in [6, 6.07) is 17.3. The van der Waals surface area contributed by atoms with Crippen molar-refractivity contribution in [3.63, 3.8) is 0 Å². The summed E-state index contributed by atoms with van der Waals surface area (Å²) in [5, 5.41) is 11.9. The summed E-state index contributed by atoms with van der Waals surface area (Å²) in [4.78, 5) is 13.3. The maximum atomic E-state index is 12.4. The van der Waals surface area contributed by atoms with E-state index in [2.05, 4.69) is 10.6 Å². The van der Waals surface area contributed by atoms with Crippen molar-refractivity contribution in [1.29, 1.82) is 0 Å². The number of carbonyl (C=O) groups excluding carboxylic acids is 1. The lowest BCUT2D eigenvalue weighted by molar-refractivity contribution is 0.0528. The van der Waals surface area contributed by atoms with E-state index in [9.17, 15) is 13.2 Å². The number of rotatable bonds is 6. The van der Waals surface area contributed by atoms with Gasteiger partial charge in [0.05, 0.1) is 17.1 Å². The zero-order chi connectivity index (χ0) is 21.7. The molecule has 0 amide bonds. The summed E-state index contributed by atoms with van der Waals surface area (Å²) in [5.41, 5.74) is 1.92. The largest absolute Gasteiger partial charge is 0.462 e. The molecule has 4 N–H and O–H groups in total. The molecule has 0 bridgehead atoms. The van der Waals surface area contributed by atoms with Crippen LogP contribution in [0.3, 0.4) is 0 Å². The van der Waals surface area contributed by atoms with Crippen LogP contribution in [0, 0.1) is 0 Å². The average molecular weight is 462 g/mol. The Hall–Kier alpha value is -2.79. The van der Waals surface area contributed by atoms with Gasteiger partial charge in [-0.15, -0.1) is 11.3 Å². The molecular weight excluding hydrogens is 442 g/mol. The summed E-state index contributed by atoms with van der Waals surface area (Å²) in [6.07, 6.45) is 0. The number of sulfonamides is 1. The SMILES string of the molecule is CCOC(=O)c1cc(-c2ccccc2)sc1NC(=S)Nc1ccc(S(N)(=O)=O)cc1. The third-order valence-electron chi connectivity index (χ3n) is 3.95. The van der Waals surface area contributed by atoms with E-state index in [4.69, 9.17) is 22.1 Å². The standard InChI is InChI=1S/C20H19N3O4S3/c1-2-27-19(24)16-12-17(13-6-4-3-5-7-13)29-18(16)23-20(28)22-14-8-10-15(11-9-14)30(21,25)26/h3-12H,2H2,1H3,(H2,21,25,26)(H2,22,23,28). The molecule has 7 nitrogen and oxygen atoms in total. The lowest BCUT2D eigenvalue weighted by Crippen LogP contribution is -2.20. The number of thiocarbonyl (C=S) groups is 1. The third-order valence-corrected chi connectivity index (χ3v) is 6.19. The van der Waals surface area contributed by atoms with Gasteiger partial charge in [-0.25, -0.2) is 18.4 Å². The molecule has 156 valence electrons. The van der Waals surface area contributed by atoms with Gasteiger partial charge < -0.3 is 15.4 Å². The minimum Gasteiger partial charge on any atom is -0.462 e. The Morgan fingerprint density at radius 3 is 2.37 bits per heavy atom. The van der Waals surface area contributed by atoms with Crippen LogP contribution in [-0.2, 0) is 14.8 Å². The van der Waals surface area contributed by atoms with E-state index in [0.717, 1.165) is 10.4 Å². The van der Waals surface area contributed by atoms with Gasteiger partial charge in [-0.2, -0.15) is 0 Å². The van der Waals surface area contributed by atoms with Gasteiger partial charge >= 0.3 is 5.97 Å². The second-order valence-electron chi connectivity index (χ2n) is 6.09. The molecule has 3 rings (SSSR count). The fourth-order valence-corrected chi connectivity index (χ4v) is 4.44. The normalized spacial score (nSPS) is 11.0. The van der Waals surface area contributed by atoms with E-state index >= 15 is 0 Å². The lowest BCUT2D eigenvalue weighted by Gasteiger charge is -2.11. The van der Waals surface area contributed by atoms with Gasteiger partial charge in [0.2, 0.25) is 10.0 Å². The van der Waals surface area contributed by atoms with E-state index in [1.54, 1.807) is 25.1 Å². The maximum absolute atomic E-state index is 12.4. The number of thiophene rings is 1. The minimum atomic E-state index is -3.77. The van der Waals surface area contributed by atoms with Crippen LogP contribution in [-0.4, -0.2) is 26.1 Å². The second-order valence-corrected chi connectivity index (χ2v) is 9.11. The highest BCUT2D eigenvalue weighted by Crippen LogP contribution is 2.36. The van der Waals surface area contributed by atoms with Gasteiger partial charge in [0.1, 0.15) is 5.00 Å².